The van der Waals surface area contributed by atoms with E-state index in [9.17, 15) is 9.90 Å². The number of fused-ring (bicyclic) bond motifs is 5. The summed E-state index contributed by atoms with van der Waals surface area (Å²) < 4.78 is 9.44. The van der Waals surface area contributed by atoms with E-state index in [0.29, 0.717) is 47.8 Å². The third-order valence-electron chi connectivity index (χ3n) is 10.5. The van der Waals surface area contributed by atoms with Gasteiger partial charge in [-0.25, -0.2) is 0 Å². The molecule has 0 radical (unpaired) electrons. The normalized spacial score (nSPS) is 45.2. The Labute approximate surface area is 189 Å². The van der Waals surface area contributed by atoms with Crippen molar-refractivity contribution in [2.24, 2.45) is 46.3 Å². The lowest BCUT2D eigenvalue weighted by atomic mass is 9.44. The van der Waals surface area contributed by atoms with Gasteiger partial charge in [0, 0.05) is 18.9 Å². The molecule has 1 aliphatic heterocycles. The van der Waals surface area contributed by atoms with E-state index in [2.05, 4.69) is 20.8 Å². The fourth-order valence-electron chi connectivity index (χ4n) is 8.98. The zero-order chi connectivity index (χ0) is 22.1. The van der Waals surface area contributed by atoms with E-state index in [-0.39, 0.29) is 0 Å². The highest BCUT2D eigenvalue weighted by Gasteiger charge is 2.61. The number of aliphatic hydroxyl groups is 1. The highest BCUT2D eigenvalue weighted by atomic mass is 16.7. The summed E-state index contributed by atoms with van der Waals surface area (Å²) in [6.45, 7) is 9.87. The lowest BCUT2D eigenvalue weighted by Crippen LogP contribution is -2.56. The van der Waals surface area contributed by atoms with Gasteiger partial charge in [-0.3, -0.25) is 4.79 Å². The lowest BCUT2D eigenvalue weighted by molar-refractivity contribution is -0.154. The predicted molar refractivity (Wildman–Crippen MR) is 122 cm³/mol. The molecule has 178 valence electrons. The summed E-state index contributed by atoms with van der Waals surface area (Å²) in [6.07, 6.45) is 13.5. The van der Waals surface area contributed by atoms with Crippen LogP contribution in [0.4, 0.5) is 0 Å². The van der Waals surface area contributed by atoms with Crippen molar-refractivity contribution < 1.29 is 19.4 Å². The smallest absolute Gasteiger partial charge is 0.146 e. The highest BCUT2D eigenvalue weighted by Crippen LogP contribution is 2.67. The zero-order valence-electron chi connectivity index (χ0n) is 20.2. The number of hydrogen-bond donors (Lipinski definition) is 1. The third kappa shape index (κ3) is 4.38. The fourth-order valence-corrected chi connectivity index (χ4v) is 8.98. The van der Waals surface area contributed by atoms with E-state index < -0.39 is 0 Å². The molecule has 4 nitrogen and oxygen atoms in total. The Kier molecular flexibility index (Phi) is 7.50. The largest absolute Gasteiger partial charge is 0.396 e. The van der Waals surface area contributed by atoms with Gasteiger partial charge >= 0.3 is 0 Å². The van der Waals surface area contributed by atoms with Crippen LogP contribution in [0.5, 0.6) is 0 Å². The van der Waals surface area contributed by atoms with Crippen LogP contribution in [-0.4, -0.2) is 37.5 Å². The highest BCUT2D eigenvalue weighted by molar-refractivity contribution is 5.83. The van der Waals surface area contributed by atoms with Crippen LogP contribution >= 0.6 is 0 Å². The molecule has 31 heavy (non-hydrogen) atoms. The second-order valence-electron chi connectivity index (χ2n) is 11.9. The third-order valence-corrected chi connectivity index (χ3v) is 10.5. The van der Waals surface area contributed by atoms with Crippen LogP contribution in [0.25, 0.3) is 0 Å². The molecule has 0 aromatic carbocycles. The van der Waals surface area contributed by atoms with Crippen molar-refractivity contribution in [2.45, 2.75) is 91.4 Å². The number of rotatable bonds is 4. The molecule has 0 amide bonds. The molecular formula is C27H46O4. The Bertz CT molecular complexity index is 609. The average Bonchev–Trinajstić information content (AvgIpc) is 3.43. The summed E-state index contributed by atoms with van der Waals surface area (Å²) in [6, 6.07) is 0. The van der Waals surface area contributed by atoms with Gasteiger partial charge in [-0.1, -0.05) is 33.6 Å². The van der Waals surface area contributed by atoms with Gasteiger partial charge in [0.2, 0.25) is 0 Å². The van der Waals surface area contributed by atoms with Crippen molar-refractivity contribution in [1.29, 1.82) is 0 Å². The van der Waals surface area contributed by atoms with Crippen LogP contribution < -0.4 is 0 Å². The molecule has 4 aliphatic carbocycles. The minimum absolute atomic E-state index is 0.306. The molecule has 0 bridgehead atoms. The van der Waals surface area contributed by atoms with E-state index in [1.165, 1.54) is 51.4 Å². The average molecular weight is 435 g/mol. The van der Waals surface area contributed by atoms with Crippen LogP contribution in [0.3, 0.4) is 0 Å². The Balaban J connectivity index is 0.000000407. The van der Waals surface area contributed by atoms with Crippen LogP contribution in [0.2, 0.25) is 0 Å². The zero-order valence-corrected chi connectivity index (χ0v) is 20.2. The van der Waals surface area contributed by atoms with Gasteiger partial charge in [0.25, 0.3) is 0 Å². The van der Waals surface area contributed by atoms with Crippen molar-refractivity contribution in [3.05, 3.63) is 0 Å². The maximum Gasteiger partial charge on any atom is 0.146 e. The molecular weight excluding hydrogens is 388 g/mol. The van der Waals surface area contributed by atoms with Crippen molar-refractivity contribution in [3.63, 3.8) is 0 Å². The second kappa shape index (κ2) is 9.81. The summed E-state index contributed by atoms with van der Waals surface area (Å²) in [5, 5.41) is 9.24. The first kappa shape index (κ1) is 23.7. The van der Waals surface area contributed by atoms with Gasteiger partial charge in [0.05, 0.1) is 13.2 Å². The molecule has 4 saturated carbocycles. The van der Waals surface area contributed by atoms with Gasteiger partial charge in [0.1, 0.15) is 12.6 Å². The number of ether oxygens (including phenoxy) is 2. The lowest BCUT2D eigenvalue weighted by Gasteiger charge is -2.60. The SMILES string of the molecule is C1COCO1.CC(CCCO)[C@H]1CC[C@H]2[C@@H]3CC(=O)C4CCCC[C@]4(C)[C@H]3CC[C@]12C. The number of aliphatic hydroxyl groups excluding tert-OH is 1. The summed E-state index contributed by atoms with van der Waals surface area (Å²) in [4.78, 5) is 13.1. The summed E-state index contributed by atoms with van der Waals surface area (Å²) in [5.74, 6) is 4.74. The van der Waals surface area contributed by atoms with E-state index in [1.54, 1.807) is 0 Å². The Hall–Kier alpha value is -0.450. The molecule has 1 N–H and O–H groups in total. The molecule has 0 spiro atoms. The van der Waals surface area contributed by atoms with Crippen LogP contribution in [0, 0.1) is 46.3 Å². The Morgan fingerprint density at radius 2 is 1.74 bits per heavy atom. The van der Waals surface area contributed by atoms with Crippen LogP contribution in [0.1, 0.15) is 91.4 Å². The molecule has 5 aliphatic rings. The Morgan fingerprint density at radius 1 is 1.00 bits per heavy atom. The second-order valence-corrected chi connectivity index (χ2v) is 11.9. The first-order chi connectivity index (χ1) is 14.9. The summed E-state index contributed by atoms with van der Waals surface area (Å²) >= 11 is 0. The maximum absolute atomic E-state index is 13.1. The minimum atomic E-state index is 0.306. The minimum Gasteiger partial charge on any atom is -0.396 e. The van der Waals surface area contributed by atoms with Crippen molar-refractivity contribution in [1.82, 2.24) is 0 Å². The number of hydrogen-bond acceptors (Lipinski definition) is 4. The molecule has 4 heteroatoms. The first-order valence-electron chi connectivity index (χ1n) is 13.2. The number of carbonyl (C=O) groups excluding carboxylic acids is 1. The number of Topliss-reactive ketones (excluding diaryl/α,β-unsaturated/α-hetero) is 1. The quantitative estimate of drug-likeness (QED) is 0.624. The van der Waals surface area contributed by atoms with Gasteiger partial charge in [-0.05, 0) is 91.8 Å². The molecule has 2 unspecified atom stereocenters. The van der Waals surface area contributed by atoms with Gasteiger partial charge < -0.3 is 14.6 Å². The molecule has 1 saturated heterocycles. The summed E-state index contributed by atoms with van der Waals surface area (Å²) in [5.41, 5.74) is 0.744. The van der Waals surface area contributed by atoms with E-state index in [0.717, 1.165) is 50.2 Å². The van der Waals surface area contributed by atoms with Crippen molar-refractivity contribution in [3.8, 4) is 0 Å². The molecule has 8 atom stereocenters. The topological polar surface area (TPSA) is 55.8 Å². The standard InChI is InChI=1S/C24H40O2.C3H6O2/c1-16(7-6-14-25)18-9-10-19-17-15-22(26)21-8-4-5-12-23(21,2)20(17)11-13-24(18,19)3;1-2-5-3-4-1/h16-21,25H,4-15H2,1-3H3;1-3H2/t16?,17-,18+,19-,20-,21?,23+,24+;/m0./s1. The van der Waals surface area contributed by atoms with Crippen molar-refractivity contribution >= 4 is 5.78 Å². The van der Waals surface area contributed by atoms with Gasteiger partial charge in [0.15, 0.2) is 0 Å². The van der Waals surface area contributed by atoms with E-state index >= 15 is 0 Å². The summed E-state index contributed by atoms with van der Waals surface area (Å²) in [7, 11) is 0. The van der Waals surface area contributed by atoms with E-state index in [4.69, 9.17) is 9.47 Å². The van der Waals surface area contributed by atoms with Crippen LogP contribution in [0.15, 0.2) is 0 Å². The first-order valence-corrected chi connectivity index (χ1v) is 13.2. The van der Waals surface area contributed by atoms with Crippen molar-refractivity contribution in [2.75, 3.05) is 26.6 Å². The predicted octanol–water partition coefficient (Wildman–Crippen LogP) is 5.61. The molecule has 0 aromatic heterocycles. The van der Waals surface area contributed by atoms with E-state index in [1.807, 2.05) is 0 Å². The van der Waals surface area contributed by atoms with Crippen LogP contribution in [-0.2, 0) is 14.3 Å². The van der Waals surface area contributed by atoms with Gasteiger partial charge in [-0.15, -0.1) is 0 Å². The molecule has 0 aromatic rings. The molecule has 1 heterocycles. The number of carbonyl (C=O) groups is 1. The fraction of sp³-hybridized carbons (Fsp3) is 0.963. The molecule has 5 fully saturated rings. The monoisotopic (exact) mass is 434 g/mol. The van der Waals surface area contributed by atoms with Gasteiger partial charge in [-0.2, -0.15) is 0 Å². The Morgan fingerprint density at radius 3 is 2.42 bits per heavy atom. The molecule has 5 rings (SSSR count). The number of ketones is 1. The maximum atomic E-state index is 13.1.